The number of nitrogens with one attached hydrogen (secondary N) is 1. The summed E-state index contributed by atoms with van der Waals surface area (Å²) in [7, 11) is 0. The molecule has 6 heteroatoms. The van der Waals surface area contributed by atoms with Crippen molar-refractivity contribution in [2.24, 2.45) is 10.1 Å². The van der Waals surface area contributed by atoms with Crippen molar-refractivity contribution in [3.05, 3.63) is 34.8 Å². The van der Waals surface area contributed by atoms with Gasteiger partial charge in [-0.3, -0.25) is 15.1 Å². The molecule has 2 heterocycles. The number of carbonyl (C=O) groups is 1. The van der Waals surface area contributed by atoms with Crippen LogP contribution in [-0.4, -0.2) is 27.5 Å². The summed E-state index contributed by atoms with van der Waals surface area (Å²) in [5.41, 5.74) is 0.0103. The van der Waals surface area contributed by atoms with Gasteiger partial charge in [0.05, 0.1) is 5.36 Å². The fraction of sp³-hybridized carbons (Fsp3) is 0.500. The largest absolute Gasteiger partial charge is 0.298 e. The Kier molecular flexibility index (Phi) is 4.94. The summed E-state index contributed by atoms with van der Waals surface area (Å²) in [6, 6.07) is 7.73. The third-order valence-electron chi connectivity index (χ3n) is 4.15. The van der Waals surface area contributed by atoms with Crippen molar-refractivity contribution in [3.8, 4) is 0 Å². The van der Waals surface area contributed by atoms with Gasteiger partial charge in [0.1, 0.15) is 11.4 Å². The van der Waals surface area contributed by atoms with Crippen LogP contribution in [0.1, 0.15) is 46.5 Å². The number of benzene rings is 1. The number of unbranched alkanes of at least 4 members (excludes halogenated alkanes) is 3. The highest BCUT2D eigenvalue weighted by atomic mass is 32.2. The van der Waals surface area contributed by atoms with Gasteiger partial charge in [-0.05, 0) is 26.3 Å². The van der Waals surface area contributed by atoms with Crippen molar-refractivity contribution in [1.82, 2.24) is 10.3 Å². The van der Waals surface area contributed by atoms with E-state index in [9.17, 15) is 4.79 Å². The molecule has 2 aliphatic rings. The van der Waals surface area contributed by atoms with E-state index >= 15 is 0 Å². The van der Waals surface area contributed by atoms with E-state index in [2.05, 4.69) is 17.3 Å². The number of thioether (sulfide) groups is 1. The summed E-state index contributed by atoms with van der Waals surface area (Å²) in [6.07, 6.45) is 4.84. The number of fused-ring (bicyclic) bond motifs is 2. The van der Waals surface area contributed by atoms with Gasteiger partial charge in [-0.1, -0.05) is 56.1 Å². The van der Waals surface area contributed by atoms with Crippen LogP contribution < -0.4 is 15.9 Å². The Morgan fingerprint density at radius 2 is 2.00 bits per heavy atom. The number of hydrazone groups is 1. The fourth-order valence-corrected chi connectivity index (χ4v) is 3.77. The van der Waals surface area contributed by atoms with Crippen LogP contribution in [0.5, 0.6) is 0 Å². The Morgan fingerprint density at radius 3 is 2.79 bits per heavy atom. The van der Waals surface area contributed by atoms with E-state index in [-0.39, 0.29) is 5.91 Å². The number of para-hydroxylation sites is 1. The lowest BCUT2D eigenvalue weighted by Crippen LogP contribution is -2.56. The Morgan fingerprint density at radius 1 is 1.21 bits per heavy atom. The highest BCUT2D eigenvalue weighted by molar-refractivity contribution is 8.13. The quantitative estimate of drug-likeness (QED) is 0.833. The topological polar surface area (TPSA) is 57.1 Å². The second kappa shape index (κ2) is 6.97. The number of hydrogen-bond acceptors (Lipinski definition) is 5. The lowest BCUT2D eigenvalue weighted by Gasteiger charge is -2.38. The summed E-state index contributed by atoms with van der Waals surface area (Å²) in [6.45, 7) is 6.17. The highest BCUT2D eigenvalue weighted by Gasteiger charge is 2.38. The highest BCUT2D eigenvalue weighted by Crippen LogP contribution is 2.27. The molecular formula is C18H24N4OS. The minimum Gasteiger partial charge on any atom is -0.298 e. The molecule has 1 N–H and O–H groups in total. The van der Waals surface area contributed by atoms with E-state index in [1.54, 1.807) is 16.8 Å². The maximum absolute atomic E-state index is 12.7. The molecule has 0 aliphatic carbocycles. The summed E-state index contributed by atoms with van der Waals surface area (Å²) in [4.78, 5) is 17.5. The lowest BCUT2D eigenvalue weighted by atomic mass is 10.1. The van der Waals surface area contributed by atoms with Gasteiger partial charge in [-0.25, -0.2) is 5.01 Å². The zero-order valence-electron chi connectivity index (χ0n) is 14.5. The van der Waals surface area contributed by atoms with Gasteiger partial charge < -0.3 is 0 Å². The summed E-state index contributed by atoms with van der Waals surface area (Å²) in [5.74, 6) is 0.868. The number of amides is 1. The maximum Gasteiger partial charge on any atom is 0.276 e. The van der Waals surface area contributed by atoms with E-state index in [1.165, 1.54) is 19.3 Å². The number of rotatable bonds is 5. The molecule has 0 atom stereocenters. The van der Waals surface area contributed by atoms with Crippen molar-refractivity contribution in [2.45, 2.75) is 52.1 Å². The fourth-order valence-electron chi connectivity index (χ4n) is 2.93. The van der Waals surface area contributed by atoms with Crippen LogP contribution in [0.4, 0.5) is 0 Å². The average molecular weight is 344 g/mol. The Labute approximate surface area is 146 Å². The molecule has 0 saturated carbocycles. The molecule has 0 spiro atoms. The molecule has 0 saturated heterocycles. The molecule has 0 radical (unpaired) electrons. The van der Waals surface area contributed by atoms with Crippen LogP contribution in [0.15, 0.2) is 34.4 Å². The van der Waals surface area contributed by atoms with Crippen LogP contribution in [0, 0.1) is 0 Å². The summed E-state index contributed by atoms with van der Waals surface area (Å²) < 4.78 is 0. The van der Waals surface area contributed by atoms with Crippen LogP contribution in [0.25, 0.3) is 5.70 Å². The second-order valence-electron chi connectivity index (χ2n) is 6.55. The lowest BCUT2D eigenvalue weighted by molar-refractivity contribution is -0.116. The second-order valence-corrected chi connectivity index (χ2v) is 7.64. The van der Waals surface area contributed by atoms with Gasteiger partial charge in [0.2, 0.25) is 0 Å². The van der Waals surface area contributed by atoms with Gasteiger partial charge in [0, 0.05) is 11.0 Å². The standard InChI is InChI=1S/C18H24N4OS/c1-4-5-6-9-12-24-17-19-16(23)15-13-10-7-8-11-14(13)20-18(2,3)22(15)21-17/h7-8,10-11H,4-6,9,12H2,1-3H3,(H,19,21,23). The third-order valence-corrected chi connectivity index (χ3v) is 5.10. The van der Waals surface area contributed by atoms with E-state index < -0.39 is 5.66 Å². The van der Waals surface area contributed by atoms with E-state index in [1.807, 2.05) is 38.1 Å². The molecule has 3 rings (SSSR count). The maximum atomic E-state index is 12.7. The van der Waals surface area contributed by atoms with Gasteiger partial charge in [0.25, 0.3) is 5.91 Å². The Bertz CT molecular complexity index is 784. The van der Waals surface area contributed by atoms with E-state index in [4.69, 9.17) is 4.99 Å². The number of amidine groups is 1. The molecule has 1 amide bonds. The molecule has 1 aromatic carbocycles. The third kappa shape index (κ3) is 3.34. The normalized spacial score (nSPS) is 18.3. The smallest absolute Gasteiger partial charge is 0.276 e. The van der Waals surface area contributed by atoms with E-state index in [0.29, 0.717) is 10.9 Å². The molecular weight excluding hydrogens is 320 g/mol. The van der Waals surface area contributed by atoms with Crippen LogP contribution in [0.2, 0.25) is 0 Å². The predicted octanol–water partition coefficient (Wildman–Crippen LogP) is 2.18. The summed E-state index contributed by atoms with van der Waals surface area (Å²) >= 11 is 1.61. The number of carbonyl (C=O) groups excluding carboxylic acids is 1. The van der Waals surface area contributed by atoms with Crippen molar-refractivity contribution < 1.29 is 4.79 Å². The Balaban J connectivity index is 1.88. The molecule has 0 bridgehead atoms. The molecule has 1 aromatic rings. The number of hydrogen-bond donors (Lipinski definition) is 1. The van der Waals surface area contributed by atoms with Crippen molar-refractivity contribution in [1.29, 1.82) is 0 Å². The van der Waals surface area contributed by atoms with Crippen molar-refractivity contribution in [2.75, 3.05) is 5.75 Å². The predicted molar refractivity (Wildman–Crippen MR) is 98.7 cm³/mol. The van der Waals surface area contributed by atoms with Gasteiger partial charge in [-0.15, -0.1) is 5.10 Å². The molecule has 24 heavy (non-hydrogen) atoms. The minimum absolute atomic E-state index is 0.100. The average Bonchev–Trinajstić information content (AvgIpc) is 2.54. The first-order chi connectivity index (χ1) is 11.5. The van der Waals surface area contributed by atoms with Crippen molar-refractivity contribution >= 4 is 28.5 Å². The van der Waals surface area contributed by atoms with Crippen LogP contribution >= 0.6 is 11.8 Å². The molecule has 2 aliphatic heterocycles. The molecule has 0 aromatic heterocycles. The van der Waals surface area contributed by atoms with Gasteiger partial charge in [-0.2, -0.15) is 0 Å². The number of nitrogens with zero attached hydrogens (tertiary/aromatic N) is 3. The zero-order valence-corrected chi connectivity index (χ0v) is 15.3. The minimum atomic E-state index is -0.574. The summed E-state index contributed by atoms with van der Waals surface area (Å²) in [5, 5.41) is 11.7. The first-order valence-corrected chi connectivity index (χ1v) is 9.54. The van der Waals surface area contributed by atoms with Crippen LogP contribution in [0.3, 0.4) is 0 Å². The van der Waals surface area contributed by atoms with Crippen LogP contribution in [-0.2, 0) is 4.79 Å². The Hall–Kier alpha value is -1.82. The molecule has 128 valence electrons. The van der Waals surface area contributed by atoms with E-state index in [0.717, 1.165) is 22.7 Å². The molecule has 0 fully saturated rings. The zero-order chi connectivity index (χ0) is 17.2. The van der Waals surface area contributed by atoms with Gasteiger partial charge >= 0.3 is 0 Å². The van der Waals surface area contributed by atoms with Crippen molar-refractivity contribution in [3.63, 3.8) is 0 Å². The van der Waals surface area contributed by atoms with Gasteiger partial charge in [0.15, 0.2) is 5.17 Å². The first kappa shape index (κ1) is 17.0. The monoisotopic (exact) mass is 344 g/mol. The SMILES string of the molecule is CCCCCCSC1=NN2C(=c3ccccc3=NC2(C)C)C(=O)N1. The first-order valence-electron chi connectivity index (χ1n) is 8.55. The molecule has 5 nitrogen and oxygen atoms in total. The molecule has 0 unspecified atom stereocenters.